The molecule has 116 valence electrons. The minimum absolute atomic E-state index is 0.303. The number of nitrogens with one attached hydrogen (secondary N) is 1. The molecule has 1 saturated carbocycles. The standard InChI is InChI=1S/C16H26N4O/c1-2-5-13(4-1)18-16-17-7-9-20(16)11-15-10-19-8-3-6-14(19)12-21-15/h7,9,13-15H,1-6,8,10-12H2,(H,17,18). The Morgan fingerprint density at radius 3 is 3.05 bits per heavy atom. The van der Waals surface area contributed by atoms with E-state index < -0.39 is 0 Å². The van der Waals surface area contributed by atoms with Crippen LogP contribution in [0.3, 0.4) is 0 Å². The van der Waals surface area contributed by atoms with E-state index in [4.69, 9.17) is 4.74 Å². The summed E-state index contributed by atoms with van der Waals surface area (Å²) in [5.74, 6) is 1.02. The van der Waals surface area contributed by atoms with Gasteiger partial charge in [-0.05, 0) is 32.2 Å². The Morgan fingerprint density at radius 2 is 2.14 bits per heavy atom. The van der Waals surface area contributed by atoms with Crippen LogP contribution in [0.4, 0.5) is 5.95 Å². The third-order valence-corrected chi connectivity index (χ3v) is 5.27. The van der Waals surface area contributed by atoms with Gasteiger partial charge in [0, 0.05) is 31.0 Å². The molecular formula is C16H26N4O. The second-order valence-electron chi connectivity index (χ2n) is 6.78. The molecule has 5 heteroatoms. The molecule has 21 heavy (non-hydrogen) atoms. The van der Waals surface area contributed by atoms with Gasteiger partial charge in [-0.25, -0.2) is 4.98 Å². The average molecular weight is 290 g/mol. The number of imidazole rings is 1. The van der Waals surface area contributed by atoms with Gasteiger partial charge in [0.25, 0.3) is 0 Å². The lowest BCUT2D eigenvalue weighted by Crippen LogP contribution is -2.47. The first-order valence-corrected chi connectivity index (χ1v) is 8.52. The minimum atomic E-state index is 0.303. The molecule has 2 unspecified atom stereocenters. The lowest BCUT2D eigenvalue weighted by molar-refractivity contribution is -0.0549. The molecule has 3 fully saturated rings. The van der Waals surface area contributed by atoms with Crippen molar-refractivity contribution >= 4 is 5.95 Å². The van der Waals surface area contributed by atoms with Gasteiger partial charge in [0.2, 0.25) is 5.95 Å². The van der Waals surface area contributed by atoms with E-state index in [1.165, 1.54) is 45.1 Å². The largest absolute Gasteiger partial charge is 0.373 e. The Morgan fingerprint density at radius 1 is 1.24 bits per heavy atom. The number of nitrogens with zero attached hydrogens (tertiary/aromatic N) is 3. The Kier molecular flexibility index (Phi) is 3.86. The van der Waals surface area contributed by atoms with E-state index in [2.05, 4.69) is 26.0 Å². The molecule has 4 rings (SSSR count). The summed E-state index contributed by atoms with van der Waals surface area (Å²) in [7, 11) is 0. The number of fused-ring (bicyclic) bond motifs is 1. The van der Waals surface area contributed by atoms with E-state index in [9.17, 15) is 0 Å². The molecule has 2 saturated heterocycles. The van der Waals surface area contributed by atoms with Crippen LogP contribution in [0.2, 0.25) is 0 Å². The predicted molar refractivity (Wildman–Crippen MR) is 82.4 cm³/mol. The molecule has 0 aromatic carbocycles. The van der Waals surface area contributed by atoms with Crippen molar-refractivity contribution in [3.8, 4) is 0 Å². The van der Waals surface area contributed by atoms with E-state index >= 15 is 0 Å². The maximum Gasteiger partial charge on any atom is 0.203 e. The van der Waals surface area contributed by atoms with Gasteiger partial charge in [-0.15, -0.1) is 0 Å². The predicted octanol–water partition coefficient (Wildman–Crippen LogP) is 2.10. The zero-order valence-electron chi connectivity index (χ0n) is 12.7. The Hall–Kier alpha value is -1.07. The van der Waals surface area contributed by atoms with Gasteiger partial charge in [-0.3, -0.25) is 4.90 Å². The van der Waals surface area contributed by atoms with Crippen LogP contribution < -0.4 is 5.32 Å². The fourth-order valence-electron chi connectivity index (χ4n) is 4.06. The summed E-state index contributed by atoms with van der Waals surface area (Å²) in [5.41, 5.74) is 0. The lowest BCUT2D eigenvalue weighted by Gasteiger charge is -2.35. The lowest BCUT2D eigenvalue weighted by atomic mass is 10.2. The normalized spacial score (nSPS) is 30.7. The van der Waals surface area contributed by atoms with Crippen molar-refractivity contribution in [3.63, 3.8) is 0 Å². The Bertz CT molecular complexity index is 469. The molecule has 1 N–H and O–H groups in total. The van der Waals surface area contributed by atoms with E-state index in [0.29, 0.717) is 18.2 Å². The fourth-order valence-corrected chi connectivity index (χ4v) is 4.06. The molecule has 3 aliphatic rings. The second-order valence-corrected chi connectivity index (χ2v) is 6.78. The molecule has 0 amide bonds. The Balaban J connectivity index is 1.37. The zero-order valence-corrected chi connectivity index (χ0v) is 12.7. The maximum atomic E-state index is 6.07. The van der Waals surface area contributed by atoms with Crippen molar-refractivity contribution in [1.82, 2.24) is 14.5 Å². The van der Waals surface area contributed by atoms with Gasteiger partial charge in [0.05, 0.1) is 19.3 Å². The molecule has 5 nitrogen and oxygen atoms in total. The number of hydrogen-bond acceptors (Lipinski definition) is 4. The van der Waals surface area contributed by atoms with Crippen LogP contribution in [-0.2, 0) is 11.3 Å². The SMILES string of the molecule is c1cn(CC2CN3CCCC3CO2)c(NC2CCCC2)n1. The molecule has 1 aromatic rings. The molecule has 1 aromatic heterocycles. The van der Waals surface area contributed by atoms with Gasteiger partial charge in [-0.2, -0.15) is 0 Å². The number of aromatic nitrogens is 2. The van der Waals surface area contributed by atoms with Crippen LogP contribution in [0.5, 0.6) is 0 Å². The molecule has 1 aliphatic carbocycles. The highest BCUT2D eigenvalue weighted by molar-refractivity contribution is 5.28. The summed E-state index contributed by atoms with van der Waals surface area (Å²) in [6.07, 6.45) is 12.2. The van der Waals surface area contributed by atoms with Gasteiger partial charge >= 0.3 is 0 Å². The quantitative estimate of drug-likeness (QED) is 0.922. The molecule has 3 heterocycles. The number of morpholine rings is 1. The van der Waals surface area contributed by atoms with Gasteiger partial charge in [0.1, 0.15) is 0 Å². The van der Waals surface area contributed by atoms with Crippen LogP contribution in [0.25, 0.3) is 0 Å². The Labute approximate surface area is 126 Å². The van der Waals surface area contributed by atoms with Crippen LogP contribution >= 0.6 is 0 Å². The zero-order chi connectivity index (χ0) is 14.1. The van der Waals surface area contributed by atoms with Crippen LogP contribution in [0.1, 0.15) is 38.5 Å². The van der Waals surface area contributed by atoms with E-state index in [0.717, 1.165) is 25.6 Å². The van der Waals surface area contributed by atoms with Gasteiger partial charge in [-0.1, -0.05) is 12.8 Å². The minimum Gasteiger partial charge on any atom is -0.373 e. The van der Waals surface area contributed by atoms with Crippen LogP contribution in [0.15, 0.2) is 12.4 Å². The number of anilines is 1. The highest BCUT2D eigenvalue weighted by Crippen LogP contribution is 2.25. The number of rotatable bonds is 4. The molecule has 0 radical (unpaired) electrons. The van der Waals surface area contributed by atoms with E-state index in [1.807, 2.05) is 6.20 Å². The molecule has 0 bridgehead atoms. The first kappa shape index (κ1) is 13.6. The van der Waals surface area contributed by atoms with Crippen molar-refractivity contribution in [1.29, 1.82) is 0 Å². The second kappa shape index (κ2) is 5.97. The first-order chi connectivity index (χ1) is 10.4. The van der Waals surface area contributed by atoms with Crippen LogP contribution in [0, 0.1) is 0 Å². The molecule has 2 atom stereocenters. The fraction of sp³-hybridized carbons (Fsp3) is 0.812. The monoisotopic (exact) mass is 290 g/mol. The van der Waals surface area contributed by atoms with Crippen molar-refractivity contribution in [3.05, 3.63) is 12.4 Å². The van der Waals surface area contributed by atoms with Gasteiger partial charge in [0.15, 0.2) is 0 Å². The summed E-state index contributed by atoms with van der Waals surface area (Å²) in [6, 6.07) is 1.29. The molecule has 0 spiro atoms. The maximum absolute atomic E-state index is 6.07. The van der Waals surface area contributed by atoms with E-state index in [1.54, 1.807) is 0 Å². The average Bonchev–Trinajstić information content (AvgIpc) is 3.22. The topological polar surface area (TPSA) is 42.3 Å². The smallest absolute Gasteiger partial charge is 0.203 e. The summed E-state index contributed by atoms with van der Waals surface area (Å²) in [4.78, 5) is 7.10. The highest BCUT2D eigenvalue weighted by Gasteiger charge is 2.32. The number of hydrogen-bond donors (Lipinski definition) is 1. The van der Waals surface area contributed by atoms with Gasteiger partial charge < -0.3 is 14.6 Å². The highest BCUT2D eigenvalue weighted by atomic mass is 16.5. The third-order valence-electron chi connectivity index (χ3n) is 5.27. The molecular weight excluding hydrogens is 264 g/mol. The first-order valence-electron chi connectivity index (χ1n) is 8.52. The van der Waals surface area contributed by atoms with Crippen molar-refractivity contribution < 1.29 is 4.74 Å². The number of ether oxygens (including phenoxy) is 1. The third kappa shape index (κ3) is 2.94. The van der Waals surface area contributed by atoms with Crippen molar-refractivity contribution in [2.75, 3.05) is 25.0 Å². The summed E-state index contributed by atoms with van der Waals surface area (Å²) in [5, 5.41) is 3.61. The van der Waals surface area contributed by atoms with Crippen molar-refractivity contribution in [2.45, 2.75) is 63.3 Å². The summed E-state index contributed by atoms with van der Waals surface area (Å²) in [6.45, 7) is 4.15. The molecule has 2 aliphatic heterocycles. The van der Waals surface area contributed by atoms with E-state index in [-0.39, 0.29) is 0 Å². The summed E-state index contributed by atoms with van der Waals surface area (Å²) < 4.78 is 8.31. The van der Waals surface area contributed by atoms with Crippen LogP contribution in [-0.4, -0.2) is 52.3 Å². The van der Waals surface area contributed by atoms with Crippen molar-refractivity contribution in [2.24, 2.45) is 0 Å². The summed E-state index contributed by atoms with van der Waals surface area (Å²) >= 11 is 0.